The van der Waals surface area contributed by atoms with Gasteiger partial charge in [0.1, 0.15) is 0 Å². The lowest BCUT2D eigenvalue weighted by atomic mass is 10.1. The Bertz CT molecular complexity index is 594. The van der Waals surface area contributed by atoms with Gasteiger partial charge >= 0.3 is 0 Å². The Morgan fingerprint density at radius 3 is 2.70 bits per heavy atom. The Morgan fingerprint density at radius 2 is 2.10 bits per heavy atom. The lowest BCUT2D eigenvalue weighted by Gasteiger charge is -2.22. The number of sulfonamides is 1. The molecular formula is C14H18N2O3S. The molecule has 20 heavy (non-hydrogen) atoms. The summed E-state index contributed by atoms with van der Waals surface area (Å²) in [6.07, 6.45) is 1.68. The van der Waals surface area contributed by atoms with Crippen LogP contribution in [0.25, 0.3) is 0 Å². The van der Waals surface area contributed by atoms with Gasteiger partial charge in [-0.25, -0.2) is 13.1 Å². The molecule has 1 aliphatic heterocycles. The van der Waals surface area contributed by atoms with E-state index in [-0.39, 0.29) is 17.5 Å². The Labute approximate surface area is 119 Å². The second-order valence-corrected chi connectivity index (χ2v) is 6.28. The van der Waals surface area contributed by atoms with Gasteiger partial charge in [0.25, 0.3) is 0 Å². The Kier molecular flexibility index (Phi) is 5.15. The van der Waals surface area contributed by atoms with Gasteiger partial charge in [-0.05, 0) is 37.1 Å². The summed E-state index contributed by atoms with van der Waals surface area (Å²) in [6.45, 7) is 1.41. The van der Waals surface area contributed by atoms with Crippen LogP contribution in [0.2, 0.25) is 0 Å². The molecule has 3 N–H and O–H groups in total. The van der Waals surface area contributed by atoms with Gasteiger partial charge in [0, 0.05) is 18.2 Å². The minimum Gasteiger partial charge on any atom is -0.380 e. The lowest BCUT2D eigenvalue weighted by molar-refractivity contribution is 0.0774. The molecule has 1 atom stereocenters. The van der Waals surface area contributed by atoms with E-state index in [1.165, 1.54) is 0 Å². The highest BCUT2D eigenvalue weighted by Gasteiger charge is 2.21. The van der Waals surface area contributed by atoms with E-state index in [0.29, 0.717) is 13.2 Å². The van der Waals surface area contributed by atoms with Crippen LogP contribution in [0.1, 0.15) is 18.4 Å². The fraction of sp³-hybridized carbons (Fsp3) is 0.429. The van der Waals surface area contributed by atoms with E-state index < -0.39 is 10.0 Å². The summed E-state index contributed by atoms with van der Waals surface area (Å²) in [7, 11) is -3.50. The average molecular weight is 294 g/mol. The van der Waals surface area contributed by atoms with Crippen LogP contribution < -0.4 is 10.5 Å². The molecule has 0 radical (unpaired) electrons. The fourth-order valence-electron chi connectivity index (χ4n) is 1.99. The van der Waals surface area contributed by atoms with Crippen LogP contribution in [-0.2, 0) is 14.8 Å². The molecule has 0 aromatic heterocycles. The number of ether oxygens (including phenoxy) is 1. The number of rotatable bonds is 3. The van der Waals surface area contributed by atoms with Crippen molar-refractivity contribution in [1.29, 1.82) is 0 Å². The van der Waals surface area contributed by atoms with Gasteiger partial charge in [-0.3, -0.25) is 0 Å². The predicted molar refractivity (Wildman–Crippen MR) is 76.5 cm³/mol. The zero-order valence-electron chi connectivity index (χ0n) is 11.1. The van der Waals surface area contributed by atoms with E-state index in [2.05, 4.69) is 16.6 Å². The quantitative estimate of drug-likeness (QED) is 0.793. The minimum absolute atomic E-state index is 0.148. The Balaban J connectivity index is 2.08. The van der Waals surface area contributed by atoms with Crippen molar-refractivity contribution >= 4 is 10.0 Å². The van der Waals surface area contributed by atoms with Crippen molar-refractivity contribution in [3.05, 3.63) is 29.8 Å². The van der Waals surface area contributed by atoms with E-state index in [9.17, 15) is 8.42 Å². The third-order valence-electron chi connectivity index (χ3n) is 2.98. The highest BCUT2D eigenvalue weighted by molar-refractivity contribution is 7.89. The number of nitrogens with one attached hydrogen (secondary N) is 1. The molecule has 1 unspecified atom stereocenters. The van der Waals surface area contributed by atoms with Gasteiger partial charge in [-0.2, -0.15) is 0 Å². The van der Waals surface area contributed by atoms with Crippen molar-refractivity contribution in [3.8, 4) is 11.8 Å². The third-order valence-corrected chi connectivity index (χ3v) is 4.52. The molecule has 1 aromatic rings. The first kappa shape index (κ1) is 15.0. The van der Waals surface area contributed by atoms with E-state index >= 15 is 0 Å². The molecule has 108 valence electrons. The molecule has 0 spiro atoms. The summed E-state index contributed by atoms with van der Waals surface area (Å²) in [6, 6.07) is 6.30. The van der Waals surface area contributed by atoms with Crippen LogP contribution in [0.3, 0.4) is 0 Å². The molecular weight excluding hydrogens is 276 g/mol. The van der Waals surface area contributed by atoms with Crippen LogP contribution >= 0.6 is 0 Å². The molecule has 0 bridgehead atoms. The second-order valence-electron chi connectivity index (χ2n) is 4.57. The molecule has 1 aliphatic rings. The summed E-state index contributed by atoms with van der Waals surface area (Å²) in [5.41, 5.74) is 6.03. The summed E-state index contributed by atoms with van der Waals surface area (Å²) < 4.78 is 32.3. The molecule has 2 rings (SSSR count). The molecule has 1 fully saturated rings. The van der Waals surface area contributed by atoms with Gasteiger partial charge in [0.2, 0.25) is 10.0 Å². The van der Waals surface area contributed by atoms with Crippen molar-refractivity contribution in [2.24, 2.45) is 5.73 Å². The van der Waals surface area contributed by atoms with Gasteiger partial charge in [-0.15, -0.1) is 0 Å². The maximum absolute atomic E-state index is 12.2. The van der Waals surface area contributed by atoms with Gasteiger partial charge in [0.05, 0.1) is 18.0 Å². The molecule has 0 saturated carbocycles. The number of nitrogens with two attached hydrogens (primary N) is 1. The van der Waals surface area contributed by atoms with E-state index in [4.69, 9.17) is 10.5 Å². The maximum atomic E-state index is 12.2. The van der Waals surface area contributed by atoms with Crippen molar-refractivity contribution in [2.75, 3.05) is 19.8 Å². The van der Waals surface area contributed by atoms with Gasteiger partial charge < -0.3 is 10.5 Å². The first-order valence-electron chi connectivity index (χ1n) is 6.51. The maximum Gasteiger partial charge on any atom is 0.240 e. The van der Waals surface area contributed by atoms with Crippen LogP contribution in [0.4, 0.5) is 0 Å². The summed E-state index contributed by atoms with van der Waals surface area (Å²) in [4.78, 5) is 0.237. The van der Waals surface area contributed by atoms with E-state index in [1.807, 2.05) is 0 Å². The zero-order valence-corrected chi connectivity index (χ0v) is 11.9. The van der Waals surface area contributed by atoms with Crippen LogP contribution in [0, 0.1) is 11.8 Å². The van der Waals surface area contributed by atoms with Gasteiger partial charge in [0.15, 0.2) is 0 Å². The van der Waals surface area contributed by atoms with Crippen molar-refractivity contribution in [2.45, 2.75) is 23.8 Å². The van der Waals surface area contributed by atoms with Crippen LogP contribution in [-0.4, -0.2) is 34.2 Å². The van der Waals surface area contributed by atoms with Crippen LogP contribution in [0.15, 0.2) is 29.2 Å². The lowest BCUT2D eigenvalue weighted by Crippen LogP contribution is -2.40. The van der Waals surface area contributed by atoms with Crippen LogP contribution in [0.5, 0.6) is 0 Å². The first-order chi connectivity index (χ1) is 9.62. The summed E-state index contributed by atoms with van der Waals surface area (Å²) in [5, 5.41) is 0. The van der Waals surface area contributed by atoms with Gasteiger partial charge in [-0.1, -0.05) is 11.8 Å². The molecule has 1 aromatic carbocycles. The summed E-state index contributed by atoms with van der Waals surface area (Å²) in [5.74, 6) is 5.58. The number of hydrogen-bond donors (Lipinski definition) is 2. The Morgan fingerprint density at radius 1 is 1.35 bits per heavy atom. The fourth-order valence-corrected chi connectivity index (χ4v) is 3.25. The molecule has 1 heterocycles. The van der Waals surface area contributed by atoms with E-state index in [1.54, 1.807) is 24.3 Å². The Hall–Kier alpha value is -1.39. The second kappa shape index (κ2) is 6.86. The first-order valence-corrected chi connectivity index (χ1v) is 7.99. The molecule has 6 heteroatoms. The van der Waals surface area contributed by atoms with E-state index in [0.717, 1.165) is 18.4 Å². The topological polar surface area (TPSA) is 81.4 Å². The number of benzene rings is 1. The standard InChI is InChI=1S/C14H18N2O3S/c15-9-1-3-12-5-7-14(8-6-12)20(17,18)16-13-4-2-10-19-11-13/h5-8,13,16H,2,4,9-11,15H2. The van der Waals surface area contributed by atoms with Crippen molar-refractivity contribution in [1.82, 2.24) is 4.72 Å². The normalized spacial score (nSPS) is 19.1. The SMILES string of the molecule is NCC#Cc1ccc(S(=O)(=O)NC2CCCOC2)cc1. The van der Waals surface area contributed by atoms with Crippen molar-refractivity contribution < 1.29 is 13.2 Å². The summed E-state index contributed by atoms with van der Waals surface area (Å²) >= 11 is 0. The predicted octanol–water partition coefficient (Wildman–Crippen LogP) is 0.454. The number of hydrogen-bond acceptors (Lipinski definition) is 4. The largest absolute Gasteiger partial charge is 0.380 e. The smallest absolute Gasteiger partial charge is 0.240 e. The molecule has 0 aliphatic carbocycles. The highest BCUT2D eigenvalue weighted by Crippen LogP contribution is 2.13. The zero-order chi connectivity index (χ0) is 14.4. The highest BCUT2D eigenvalue weighted by atomic mass is 32.2. The average Bonchev–Trinajstić information content (AvgIpc) is 2.46. The molecule has 5 nitrogen and oxygen atoms in total. The van der Waals surface area contributed by atoms with Crippen molar-refractivity contribution in [3.63, 3.8) is 0 Å². The molecule has 0 amide bonds. The molecule has 1 saturated heterocycles. The monoisotopic (exact) mass is 294 g/mol. The minimum atomic E-state index is -3.50. The third kappa shape index (κ3) is 4.05.